The Morgan fingerprint density at radius 3 is 3.10 bits per heavy atom. The molecule has 1 aromatic heterocycles. The zero-order valence-corrected chi connectivity index (χ0v) is 11.1. The topological polar surface area (TPSA) is 88.2 Å². The van der Waals surface area contributed by atoms with Gasteiger partial charge in [-0.05, 0) is 37.0 Å². The van der Waals surface area contributed by atoms with E-state index in [9.17, 15) is 9.90 Å². The van der Waals surface area contributed by atoms with Crippen LogP contribution in [0.2, 0.25) is 0 Å². The van der Waals surface area contributed by atoms with Gasteiger partial charge in [-0.25, -0.2) is 4.63 Å². The first-order chi connectivity index (χ1) is 9.65. The molecule has 0 fully saturated rings. The number of rotatable bonds is 3. The first-order valence-electron chi connectivity index (χ1n) is 6.53. The van der Waals surface area contributed by atoms with Gasteiger partial charge in [0.05, 0.1) is 12.5 Å². The van der Waals surface area contributed by atoms with Crippen LogP contribution in [0.5, 0.6) is 5.75 Å². The molecule has 1 aliphatic rings. The molecule has 0 spiro atoms. The maximum Gasteiger partial charge on any atom is 0.226 e. The van der Waals surface area contributed by atoms with Gasteiger partial charge in [0.1, 0.15) is 17.1 Å². The third-order valence-electron chi connectivity index (χ3n) is 3.66. The van der Waals surface area contributed by atoms with Crippen molar-refractivity contribution in [3.63, 3.8) is 0 Å². The number of nitrogens with one attached hydrogen (secondary N) is 1. The molecule has 104 valence electrons. The third kappa shape index (κ3) is 2.24. The monoisotopic (exact) mass is 273 g/mol. The Bertz CT molecular complexity index is 651. The van der Waals surface area contributed by atoms with E-state index in [1.807, 2.05) is 6.07 Å². The van der Waals surface area contributed by atoms with Gasteiger partial charge in [-0.15, -0.1) is 0 Å². The Labute approximate surface area is 115 Å². The van der Waals surface area contributed by atoms with Gasteiger partial charge in [-0.3, -0.25) is 4.79 Å². The van der Waals surface area contributed by atoms with Crippen LogP contribution < -0.4 is 5.32 Å². The quantitative estimate of drug-likeness (QED) is 0.883. The summed E-state index contributed by atoms with van der Waals surface area (Å²) in [6.45, 7) is 1.75. The van der Waals surface area contributed by atoms with E-state index >= 15 is 0 Å². The fraction of sp³-hybridized carbons (Fsp3) is 0.357. The molecule has 0 saturated heterocycles. The second-order valence-corrected chi connectivity index (χ2v) is 4.98. The molecule has 1 amide bonds. The molecular formula is C14H15N3O3. The second kappa shape index (κ2) is 4.96. The molecular weight excluding hydrogens is 258 g/mol. The van der Waals surface area contributed by atoms with Gasteiger partial charge < -0.3 is 10.4 Å². The summed E-state index contributed by atoms with van der Waals surface area (Å²) in [5.41, 5.74) is 3.10. The second-order valence-electron chi connectivity index (χ2n) is 4.98. The molecule has 1 aliphatic carbocycles. The van der Waals surface area contributed by atoms with Crippen LogP contribution in [-0.4, -0.2) is 21.3 Å². The Morgan fingerprint density at radius 1 is 1.50 bits per heavy atom. The van der Waals surface area contributed by atoms with Crippen molar-refractivity contribution in [2.24, 2.45) is 0 Å². The lowest BCUT2D eigenvalue weighted by Crippen LogP contribution is -2.28. The van der Waals surface area contributed by atoms with Gasteiger partial charge in [0.15, 0.2) is 0 Å². The fourth-order valence-electron chi connectivity index (χ4n) is 2.59. The van der Waals surface area contributed by atoms with Crippen LogP contribution in [0.25, 0.3) is 0 Å². The number of amides is 1. The first kappa shape index (κ1) is 12.7. The molecule has 1 aromatic carbocycles. The van der Waals surface area contributed by atoms with Crippen LogP contribution in [0, 0.1) is 6.92 Å². The summed E-state index contributed by atoms with van der Waals surface area (Å²) in [5.74, 6) is 0.181. The molecule has 0 saturated carbocycles. The fourth-order valence-corrected chi connectivity index (χ4v) is 2.59. The Balaban J connectivity index is 1.70. The summed E-state index contributed by atoms with van der Waals surface area (Å²) in [6.07, 6.45) is 1.73. The number of fused-ring (bicyclic) bond motifs is 1. The van der Waals surface area contributed by atoms with Crippen molar-refractivity contribution in [1.82, 2.24) is 15.6 Å². The zero-order chi connectivity index (χ0) is 14.1. The smallest absolute Gasteiger partial charge is 0.226 e. The number of phenols is 1. The molecule has 0 aliphatic heterocycles. The highest BCUT2D eigenvalue weighted by Gasteiger charge is 2.26. The summed E-state index contributed by atoms with van der Waals surface area (Å²) < 4.78 is 4.58. The van der Waals surface area contributed by atoms with Gasteiger partial charge in [0, 0.05) is 0 Å². The van der Waals surface area contributed by atoms with Crippen molar-refractivity contribution >= 4 is 5.91 Å². The number of hydrogen-bond donors (Lipinski definition) is 2. The summed E-state index contributed by atoms with van der Waals surface area (Å²) in [6, 6.07) is 5.36. The van der Waals surface area contributed by atoms with E-state index in [1.54, 1.807) is 19.1 Å². The lowest BCUT2D eigenvalue weighted by atomic mass is 10.1. The van der Waals surface area contributed by atoms with Crippen LogP contribution in [0.3, 0.4) is 0 Å². The minimum atomic E-state index is -0.120. The van der Waals surface area contributed by atoms with Crippen LogP contribution in [0.1, 0.15) is 35.0 Å². The highest BCUT2D eigenvalue weighted by molar-refractivity contribution is 5.79. The van der Waals surface area contributed by atoms with Crippen LogP contribution in [0.4, 0.5) is 0 Å². The van der Waals surface area contributed by atoms with Gasteiger partial charge in [0.2, 0.25) is 5.91 Å². The molecule has 2 N–H and O–H groups in total. The number of carbonyl (C=O) groups is 1. The van der Waals surface area contributed by atoms with Gasteiger partial charge >= 0.3 is 0 Å². The van der Waals surface area contributed by atoms with Crippen molar-refractivity contribution in [1.29, 1.82) is 0 Å². The number of benzene rings is 1. The maximum atomic E-state index is 12.0. The summed E-state index contributed by atoms with van der Waals surface area (Å²) in [4.78, 5) is 12.0. The van der Waals surface area contributed by atoms with Crippen LogP contribution in [-0.2, 0) is 17.6 Å². The highest BCUT2D eigenvalue weighted by Crippen LogP contribution is 2.36. The van der Waals surface area contributed by atoms with Gasteiger partial charge in [0.25, 0.3) is 0 Å². The Morgan fingerprint density at radius 2 is 2.35 bits per heavy atom. The molecule has 0 bridgehead atoms. The van der Waals surface area contributed by atoms with Crippen molar-refractivity contribution in [3.8, 4) is 5.75 Å². The van der Waals surface area contributed by atoms with E-state index in [4.69, 9.17) is 0 Å². The predicted octanol–water partition coefficient (Wildman–Crippen LogP) is 1.43. The molecule has 20 heavy (non-hydrogen) atoms. The lowest BCUT2D eigenvalue weighted by molar-refractivity contribution is -0.121. The maximum absolute atomic E-state index is 12.0. The summed E-state index contributed by atoms with van der Waals surface area (Å²) in [7, 11) is 0. The zero-order valence-electron chi connectivity index (χ0n) is 11.1. The SMILES string of the molecule is Cc1nonc1CC(=O)NC1CCc2c(O)cccc21. The largest absolute Gasteiger partial charge is 0.508 e. The summed E-state index contributed by atoms with van der Waals surface area (Å²) >= 11 is 0. The lowest BCUT2D eigenvalue weighted by Gasteiger charge is -2.13. The minimum Gasteiger partial charge on any atom is -0.508 e. The average molecular weight is 273 g/mol. The van der Waals surface area contributed by atoms with Crippen molar-refractivity contribution in [3.05, 3.63) is 40.7 Å². The molecule has 1 heterocycles. The van der Waals surface area contributed by atoms with Crippen LogP contribution >= 0.6 is 0 Å². The van der Waals surface area contributed by atoms with Crippen molar-refractivity contribution < 1.29 is 14.5 Å². The van der Waals surface area contributed by atoms with Crippen molar-refractivity contribution in [2.75, 3.05) is 0 Å². The number of phenolic OH excluding ortho intramolecular Hbond substituents is 1. The number of aromatic nitrogens is 2. The Hall–Kier alpha value is -2.37. The van der Waals surface area contributed by atoms with E-state index < -0.39 is 0 Å². The van der Waals surface area contributed by atoms with Gasteiger partial charge in [-0.1, -0.05) is 22.4 Å². The highest BCUT2D eigenvalue weighted by atomic mass is 16.6. The van der Waals surface area contributed by atoms with E-state index in [0.717, 1.165) is 24.0 Å². The molecule has 6 heteroatoms. The minimum absolute atomic E-state index is 0.0511. The van der Waals surface area contributed by atoms with Crippen molar-refractivity contribution in [2.45, 2.75) is 32.2 Å². The molecule has 6 nitrogen and oxygen atoms in total. The number of carbonyl (C=O) groups excluding carboxylic acids is 1. The molecule has 1 atom stereocenters. The normalized spacial score (nSPS) is 16.9. The first-order valence-corrected chi connectivity index (χ1v) is 6.53. The van der Waals surface area contributed by atoms with E-state index in [0.29, 0.717) is 17.1 Å². The predicted molar refractivity (Wildman–Crippen MR) is 70.1 cm³/mol. The Kier molecular flexibility index (Phi) is 3.14. The van der Waals surface area contributed by atoms with E-state index in [2.05, 4.69) is 20.3 Å². The number of aryl methyl sites for hydroxylation is 1. The van der Waals surface area contributed by atoms with Gasteiger partial charge in [-0.2, -0.15) is 0 Å². The van der Waals surface area contributed by atoms with Crippen LogP contribution in [0.15, 0.2) is 22.8 Å². The average Bonchev–Trinajstić information content (AvgIpc) is 2.99. The molecule has 3 rings (SSSR count). The number of nitrogens with zero attached hydrogens (tertiary/aromatic N) is 2. The summed E-state index contributed by atoms with van der Waals surface area (Å²) in [5, 5.41) is 20.1. The molecule has 0 radical (unpaired) electrons. The standard InChI is InChI=1S/C14H15N3O3/c1-8-12(17-20-16-8)7-14(19)15-11-6-5-10-9(11)3-2-4-13(10)18/h2-4,11,18H,5-7H2,1H3,(H,15,19). The molecule has 1 unspecified atom stereocenters. The number of hydrogen-bond acceptors (Lipinski definition) is 5. The van der Waals surface area contributed by atoms with E-state index in [1.165, 1.54) is 0 Å². The number of aromatic hydroxyl groups is 1. The third-order valence-corrected chi connectivity index (χ3v) is 3.66. The molecule has 2 aromatic rings. The van der Waals surface area contributed by atoms with E-state index in [-0.39, 0.29) is 18.4 Å².